The molecule has 3 aliphatic heterocycles. The van der Waals surface area contributed by atoms with E-state index in [1.54, 1.807) is 38.1 Å². The van der Waals surface area contributed by atoms with E-state index in [-0.39, 0.29) is 6.79 Å². The average molecular weight is 522 g/mol. The molecule has 1 fully saturated rings. The van der Waals surface area contributed by atoms with Gasteiger partial charge in [0.1, 0.15) is 6.10 Å². The second kappa shape index (κ2) is 11.8. The molecule has 0 aliphatic carbocycles. The van der Waals surface area contributed by atoms with Crippen molar-refractivity contribution in [1.82, 2.24) is 0 Å². The van der Waals surface area contributed by atoms with Gasteiger partial charge in [-0.3, -0.25) is 14.9 Å². The molecule has 37 heavy (non-hydrogen) atoms. The Morgan fingerprint density at radius 2 is 1.68 bits per heavy atom. The molecule has 12 nitrogen and oxygen atoms in total. The Labute approximate surface area is 213 Å². The van der Waals surface area contributed by atoms with Crippen LogP contribution in [0.2, 0.25) is 0 Å². The van der Waals surface area contributed by atoms with Gasteiger partial charge >= 0.3 is 18.0 Å². The molecule has 202 valence electrons. The zero-order valence-corrected chi connectivity index (χ0v) is 20.8. The first kappa shape index (κ1) is 26.7. The van der Waals surface area contributed by atoms with Crippen molar-refractivity contribution in [3.8, 4) is 11.5 Å². The van der Waals surface area contributed by atoms with Crippen LogP contribution in [-0.2, 0) is 33.3 Å². The van der Waals surface area contributed by atoms with Crippen LogP contribution in [0.15, 0.2) is 30.4 Å². The van der Waals surface area contributed by atoms with Gasteiger partial charge in [-0.2, -0.15) is 0 Å². The number of aliphatic hydroxyl groups excluding tert-OH is 1. The number of nitrogens with one attached hydrogen (secondary N) is 1. The van der Waals surface area contributed by atoms with Gasteiger partial charge in [0.25, 0.3) is 0 Å². The summed E-state index contributed by atoms with van der Waals surface area (Å²) in [7, 11) is 1.32. The standard InChI is InChI=1S/C25H31NO11/c1-13-6-4-5-7-14(2)23(29)36-21-20(35-22(13)28)19(18(11-27)34-24(21)31-3)37-25(30)26-15-8-9-16-17(10-15)33-12-32-16/h4-5,8-10,13-14,18-21,24,27H,6-7,11-12H2,1-3H3,(H,26,30)/t13-,14-,18-,19-,20+,21-,24+/m1/s1. The number of rotatable bonds is 4. The molecular weight excluding hydrogens is 490 g/mol. The maximum absolute atomic E-state index is 12.9. The largest absolute Gasteiger partial charge is 0.454 e. The first-order valence-corrected chi connectivity index (χ1v) is 12.0. The molecule has 2 N–H and O–H groups in total. The molecule has 0 aromatic heterocycles. The lowest BCUT2D eigenvalue weighted by Crippen LogP contribution is -2.63. The van der Waals surface area contributed by atoms with E-state index in [9.17, 15) is 19.5 Å². The number of anilines is 1. The monoisotopic (exact) mass is 521 g/mol. The van der Waals surface area contributed by atoms with E-state index in [1.807, 2.05) is 6.08 Å². The van der Waals surface area contributed by atoms with Crippen LogP contribution in [0.1, 0.15) is 26.7 Å². The number of methoxy groups -OCH3 is 1. The van der Waals surface area contributed by atoms with E-state index in [0.29, 0.717) is 30.0 Å². The highest BCUT2D eigenvalue weighted by molar-refractivity contribution is 5.85. The predicted molar refractivity (Wildman–Crippen MR) is 126 cm³/mol. The fourth-order valence-corrected chi connectivity index (χ4v) is 4.16. The van der Waals surface area contributed by atoms with Gasteiger partial charge in [-0.1, -0.05) is 26.0 Å². The van der Waals surface area contributed by atoms with Crippen molar-refractivity contribution >= 4 is 23.7 Å². The van der Waals surface area contributed by atoms with Crippen LogP contribution in [0.5, 0.6) is 11.5 Å². The maximum Gasteiger partial charge on any atom is 0.412 e. The summed E-state index contributed by atoms with van der Waals surface area (Å²) in [6, 6.07) is 4.78. The van der Waals surface area contributed by atoms with E-state index in [0.717, 1.165) is 0 Å². The van der Waals surface area contributed by atoms with E-state index in [2.05, 4.69) is 5.32 Å². The number of allylic oxidation sites excluding steroid dienone is 2. The Kier molecular flexibility index (Phi) is 8.52. The molecule has 0 spiro atoms. The molecule has 3 aliphatic rings. The highest BCUT2D eigenvalue weighted by Gasteiger charge is 2.53. The summed E-state index contributed by atoms with van der Waals surface area (Å²) in [5.74, 6) is -1.20. The van der Waals surface area contributed by atoms with Gasteiger partial charge in [-0.15, -0.1) is 0 Å². The molecule has 1 saturated heterocycles. The SMILES string of the molecule is CO[C@H]1O[C@H](CO)[C@@H](OC(=O)Nc2ccc3c(c2)OCO3)[C@@H]2OC(=O)[C@H](C)CC=CC[C@@H](C)C(=O)O[C@@H]12. The van der Waals surface area contributed by atoms with Crippen molar-refractivity contribution in [3.05, 3.63) is 30.4 Å². The highest BCUT2D eigenvalue weighted by Crippen LogP contribution is 2.35. The minimum Gasteiger partial charge on any atom is -0.454 e. The third kappa shape index (κ3) is 6.14. The van der Waals surface area contributed by atoms with Gasteiger partial charge in [0.2, 0.25) is 6.79 Å². The molecule has 0 saturated carbocycles. The number of ether oxygens (including phenoxy) is 7. The van der Waals surface area contributed by atoms with Gasteiger partial charge < -0.3 is 38.3 Å². The Bertz CT molecular complexity index is 1030. The van der Waals surface area contributed by atoms with E-state index < -0.39 is 67.2 Å². The number of hydrogen-bond donors (Lipinski definition) is 2. The average Bonchev–Trinajstić information content (AvgIpc) is 3.35. The third-order valence-corrected chi connectivity index (χ3v) is 6.32. The van der Waals surface area contributed by atoms with Gasteiger partial charge in [-0.25, -0.2) is 4.79 Å². The molecule has 3 heterocycles. The number of hydrogen-bond acceptors (Lipinski definition) is 11. The van der Waals surface area contributed by atoms with Crippen molar-refractivity contribution in [3.63, 3.8) is 0 Å². The topological polar surface area (TPSA) is 148 Å². The fourth-order valence-electron chi connectivity index (χ4n) is 4.16. The number of carbonyl (C=O) groups is 3. The Morgan fingerprint density at radius 1 is 1.03 bits per heavy atom. The number of amides is 1. The van der Waals surface area contributed by atoms with Crippen molar-refractivity contribution in [2.45, 2.75) is 57.4 Å². The summed E-state index contributed by atoms with van der Waals surface area (Å²) >= 11 is 0. The van der Waals surface area contributed by atoms with Crippen molar-refractivity contribution in [2.24, 2.45) is 11.8 Å². The molecule has 7 atom stereocenters. The second-order valence-corrected chi connectivity index (χ2v) is 9.07. The molecule has 1 amide bonds. The summed E-state index contributed by atoms with van der Waals surface area (Å²) in [6.07, 6.45) is -2.72. The van der Waals surface area contributed by atoms with Crippen molar-refractivity contribution in [1.29, 1.82) is 0 Å². The van der Waals surface area contributed by atoms with Crippen LogP contribution in [0.3, 0.4) is 0 Å². The number of esters is 2. The lowest BCUT2D eigenvalue weighted by molar-refractivity contribution is -0.300. The van der Waals surface area contributed by atoms with Crippen LogP contribution >= 0.6 is 0 Å². The van der Waals surface area contributed by atoms with Crippen molar-refractivity contribution < 1.29 is 52.6 Å². The van der Waals surface area contributed by atoms with Crippen LogP contribution in [0.25, 0.3) is 0 Å². The molecule has 4 rings (SSSR count). The maximum atomic E-state index is 12.9. The van der Waals surface area contributed by atoms with Crippen LogP contribution in [-0.4, -0.2) is 74.4 Å². The van der Waals surface area contributed by atoms with Gasteiger partial charge in [0.15, 0.2) is 36.1 Å². The lowest BCUT2D eigenvalue weighted by Gasteiger charge is -2.44. The number of benzene rings is 1. The zero-order valence-electron chi connectivity index (χ0n) is 20.8. The summed E-state index contributed by atoms with van der Waals surface area (Å²) < 4.78 is 38.7. The minimum absolute atomic E-state index is 0.0709. The minimum atomic E-state index is -1.33. The van der Waals surface area contributed by atoms with Gasteiger partial charge in [-0.05, 0) is 25.0 Å². The van der Waals surface area contributed by atoms with E-state index in [1.165, 1.54) is 7.11 Å². The molecule has 0 unspecified atom stereocenters. The molecular formula is C25H31NO11. The van der Waals surface area contributed by atoms with Gasteiger partial charge in [0.05, 0.1) is 18.4 Å². The summed E-state index contributed by atoms with van der Waals surface area (Å²) in [5, 5.41) is 12.6. The zero-order chi connectivity index (χ0) is 26.5. The normalized spacial score (nSPS) is 31.7. The molecule has 1 aromatic carbocycles. The predicted octanol–water partition coefficient (Wildman–Crippen LogP) is 2.14. The molecule has 0 bridgehead atoms. The quantitative estimate of drug-likeness (QED) is 0.341. The van der Waals surface area contributed by atoms with Crippen LogP contribution in [0.4, 0.5) is 10.5 Å². The number of carbonyl (C=O) groups excluding carboxylic acids is 3. The van der Waals surface area contributed by atoms with Crippen LogP contribution < -0.4 is 14.8 Å². The lowest BCUT2D eigenvalue weighted by atomic mass is 9.97. The molecule has 0 radical (unpaired) electrons. The summed E-state index contributed by atoms with van der Waals surface area (Å²) in [6.45, 7) is 2.88. The first-order valence-electron chi connectivity index (χ1n) is 12.0. The van der Waals surface area contributed by atoms with Gasteiger partial charge in [0, 0.05) is 18.9 Å². The second-order valence-electron chi connectivity index (χ2n) is 9.07. The first-order chi connectivity index (χ1) is 17.8. The van der Waals surface area contributed by atoms with Crippen molar-refractivity contribution in [2.75, 3.05) is 25.8 Å². The Hall–Kier alpha value is -3.35. The number of fused-ring (bicyclic) bond motifs is 2. The molecule has 1 aromatic rings. The summed E-state index contributed by atoms with van der Waals surface area (Å²) in [4.78, 5) is 38.6. The Morgan fingerprint density at radius 3 is 2.32 bits per heavy atom. The third-order valence-electron chi connectivity index (χ3n) is 6.32. The number of aliphatic hydroxyl groups is 1. The summed E-state index contributed by atoms with van der Waals surface area (Å²) in [5.41, 5.74) is 0.356. The van der Waals surface area contributed by atoms with E-state index >= 15 is 0 Å². The highest BCUT2D eigenvalue weighted by atomic mass is 16.7. The fraction of sp³-hybridized carbons (Fsp3) is 0.560. The molecule has 12 heteroatoms. The van der Waals surface area contributed by atoms with E-state index in [4.69, 9.17) is 33.2 Å². The van der Waals surface area contributed by atoms with Crippen LogP contribution in [0, 0.1) is 11.8 Å². The Balaban J connectivity index is 1.60. The smallest absolute Gasteiger partial charge is 0.412 e.